The van der Waals surface area contributed by atoms with Gasteiger partial charge < -0.3 is 4.74 Å². The highest BCUT2D eigenvalue weighted by Crippen LogP contribution is 2.40. The fourth-order valence-corrected chi connectivity index (χ4v) is 2.84. The third kappa shape index (κ3) is 2.28. The number of nitrogens with zero attached hydrogens (tertiary/aromatic N) is 1. The van der Waals surface area contributed by atoms with Gasteiger partial charge in [0, 0.05) is 27.8 Å². The van der Waals surface area contributed by atoms with Gasteiger partial charge in [0.2, 0.25) is 0 Å². The van der Waals surface area contributed by atoms with Crippen LogP contribution in [-0.2, 0) is 9.59 Å². The molecule has 0 aliphatic heterocycles. The van der Waals surface area contributed by atoms with E-state index in [0.29, 0.717) is 39.3 Å². The number of hydrogen-bond acceptors (Lipinski definition) is 5. The lowest BCUT2D eigenvalue weighted by molar-refractivity contribution is -0.114. The third-order valence-electron chi connectivity index (χ3n) is 3.93. The summed E-state index contributed by atoms with van der Waals surface area (Å²) in [5.74, 6) is 0.128. The maximum atomic E-state index is 12.4. The number of nitrogens with one attached hydrogen (secondary N) is 1. The molecule has 1 aliphatic carbocycles. The summed E-state index contributed by atoms with van der Waals surface area (Å²) < 4.78 is 5.42. The number of rotatable bonds is 3. The number of benzene rings is 1. The molecule has 0 amide bonds. The van der Waals surface area contributed by atoms with Crippen LogP contribution in [0.25, 0.3) is 5.57 Å². The van der Waals surface area contributed by atoms with Gasteiger partial charge in [0.05, 0.1) is 12.8 Å². The highest BCUT2D eigenvalue weighted by Gasteiger charge is 2.28. The van der Waals surface area contributed by atoms with Gasteiger partial charge in [-0.05, 0) is 45.4 Å². The predicted molar refractivity (Wildman–Crippen MR) is 83.6 cm³/mol. The van der Waals surface area contributed by atoms with Gasteiger partial charge in [-0.15, -0.1) is 0 Å². The van der Waals surface area contributed by atoms with Crippen molar-refractivity contribution >= 4 is 22.8 Å². The van der Waals surface area contributed by atoms with Crippen LogP contribution >= 0.6 is 0 Å². The number of aryl methyl sites for hydroxylation is 1. The number of allylic oxidation sites excluding steroid dienone is 4. The first-order chi connectivity index (χ1) is 10.3. The van der Waals surface area contributed by atoms with E-state index in [-0.39, 0.29) is 11.6 Å². The Hall–Kier alpha value is -2.56. The van der Waals surface area contributed by atoms with Crippen LogP contribution in [0.1, 0.15) is 30.5 Å². The number of hydrogen-bond donors (Lipinski definition) is 1. The lowest BCUT2D eigenvalue weighted by Gasteiger charge is -2.20. The van der Waals surface area contributed by atoms with Crippen LogP contribution in [0.3, 0.4) is 0 Å². The van der Waals surface area contributed by atoms with Crippen LogP contribution in [0.4, 0.5) is 5.69 Å². The Morgan fingerprint density at radius 2 is 1.77 bits per heavy atom. The van der Waals surface area contributed by atoms with E-state index in [4.69, 9.17) is 10.3 Å². The number of ether oxygens (including phenoxy) is 1. The number of ketones is 2. The summed E-state index contributed by atoms with van der Waals surface area (Å²) in [4.78, 5) is 24.6. The Balaban J connectivity index is 2.81. The molecule has 0 fully saturated rings. The SMILES string of the molecule is COc1c(C2=C(C)C(=O)C(C)=CC2=O)cc(C)c(N=N)c1C. The van der Waals surface area contributed by atoms with Gasteiger partial charge >= 0.3 is 0 Å². The average molecular weight is 298 g/mol. The molecule has 0 saturated heterocycles. The number of carbonyl (C=O) groups excluding carboxylic acids is 2. The van der Waals surface area contributed by atoms with Gasteiger partial charge in [-0.1, -0.05) is 0 Å². The van der Waals surface area contributed by atoms with Crippen LogP contribution in [0.2, 0.25) is 0 Å². The van der Waals surface area contributed by atoms with E-state index in [1.54, 1.807) is 26.8 Å². The summed E-state index contributed by atoms with van der Waals surface area (Å²) in [6, 6.07) is 1.75. The average Bonchev–Trinajstić information content (AvgIpc) is 2.45. The maximum absolute atomic E-state index is 12.4. The number of methoxy groups -OCH3 is 1. The highest BCUT2D eigenvalue weighted by atomic mass is 16.5. The molecular weight excluding hydrogens is 280 g/mol. The van der Waals surface area contributed by atoms with Crippen molar-refractivity contribution in [2.75, 3.05) is 7.11 Å². The normalized spacial score (nSPS) is 15.0. The van der Waals surface area contributed by atoms with Gasteiger partial charge in [-0.25, -0.2) is 5.53 Å². The molecule has 1 aliphatic rings. The Bertz CT molecular complexity index is 771. The van der Waals surface area contributed by atoms with Crippen molar-refractivity contribution in [1.82, 2.24) is 0 Å². The Kier molecular flexibility index (Phi) is 4.08. The van der Waals surface area contributed by atoms with E-state index in [1.165, 1.54) is 13.2 Å². The lowest BCUT2D eigenvalue weighted by Crippen LogP contribution is -2.16. The van der Waals surface area contributed by atoms with Crippen LogP contribution in [0, 0.1) is 19.4 Å². The quantitative estimate of drug-likeness (QED) is 0.680. The molecule has 1 aromatic rings. The molecule has 0 atom stereocenters. The molecule has 0 aromatic heterocycles. The molecule has 5 heteroatoms. The molecule has 0 bridgehead atoms. The minimum absolute atomic E-state index is 0.138. The first kappa shape index (κ1) is 15.8. The molecule has 0 saturated carbocycles. The molecule has 0 heterocycles. The van der Waals surface area contributed by atoms with E-state index < -0.39 is 0 Å². The fourth-order valence-electron chi connectivity index (χ4n) is 2.84. The topological polar surface area (TPSA) is 79.6 Å². The fraction of sp³-hybridized carbons (Fsp3) is 0.294. The van der Waals surface area contributed by atoms with Crippen LogP contribution in [-0.4, -0.2) is 18.7 Å². The summed E-state index contributed by atoms with van der Waals surface area (Å²) in [7, 11) is 1.50. The van der Waals surface area contributed by atoms with Crippen LogP contribution < -0.4 is 4.74 Å². The van der Waals surface area contributed by atoms with Crippen molar-refractivity contribution < 1.29 is 14.3 Å². The van der Waals surface area contributed by atoms with E-state index in [1.807, 2.05) is 6.92 Å². The zero-order valence-corrected chi connectivity index (χ0v) is 13.3. The molecule has 114 valence electrons. The largest absolute Gasteiger partial charge is 0.496 e. The van der Waals surface area contributed by atoms with Crippen molar-refractivity contribution in [2.24, 2.45) is 5.11 Å². The molecule has 1 aromatic carbocycles. The standard InChI is InChI=1S/C17H18N2O3/c1-8-6-12(17(22-5)11(4)15(8)19-18)14-10(3)16(21)9(2)7-13(14)20/h6-7,18H,1-5H3. The molecule has 0 unspecified atom stereocenters. The molecular formula is C17H18N2O3. The zero-order chi connectivity index (χ0) is 16.6. The van der Waals surface area contributed by atoms with Crippen molar-refractivity contribution in [3.63, 3.8) is 0 Å². The van der Waals surface area contributed by atoms with Gasteiger partial charge in [0.15, 0.2) is 11.6 Å². The first-order valence-corrected chi connectivity index (χ1v) is 6.87. The summed E-state index contributed by atoms with van der Waals surface area (Å²) in [6.07, 6.45) is 1.36. The van der Waals surface area contributed by atoms with Crippen LogP contribution in [0.5, 0.6) is 5.75 Å². The van der Waals surface area contributed by atoms with E-state index in [2.05, 4.69) is 5.11 Å². The lowest BCUT2D eigenvalue weighted by atomic mass is 9.85. The minimum atomic E-state index is -0.206. The van der Waals surface area contributed by atoms with Crippen molar-refractivity contribution in [2.45, 2.75) is 27.7 Å². The number of Topliss-reactive ketones (excluding diaryl/α,β-unsaturated/α-hetero) is 1. The summed E-state index contributed by atoms with van der Waals surface area (Å²) in [6.45, 7) is 6.89. The van der Waals surface area contributed by atoms with Gasteiger partial charge in [-0.2, -0.15) is 5.11 Å². The van der Waals surface area contributed by atoms with Gasteiger partial charge in [0.1, 0.15) is 5.75 Å². The molecule has 0 radical (unpaired) electrons. The predicted octanol–water partition coefficient (Wildman–Crippen LogP) is 3.85. The monoisotopic (exact) mass is 298 g/mol. The Labute approximate surface area is 129 Å². The smallest absolute Gasteiger partial charge is 0.187 e. The summed E-state index contributed by atoms with van der Waals surface area (Å²) in [5, 5.41) is 3.52. The number of carbonyl (C=O) groups is 2. The van der Waals surface area contributed by atoms with Gasteiger partial charge in [0.25, 0.3) is 0 Å². The Morgan fingerprint density at radius 1 is 1.14 bits per heavy atom. The Morgan fingerprint density at radius 3 is 2.32 bits per heavy atom. The molecule has 1 N–H and O–H groups in total. The van der Waals surface area contributed by atoms with E-state index in [9.17, 15) is 9.59 Å². The third-order valence-corrected chi connectivity index (χ3v) is 3.93. The zero-order valence-electron chi connectivity index (χ0n) is 13.3. The molecule has 5 nitrogen and oxygen atoms in total. The minimum Gasteiger partial charge on any atom is -0.496 e. The van der Waals surface area contributed by atoms with Crippen molar-refractivity contribution in [1.29, 1.82) is 5.53 Å². The van der Waals surface area contributed by atoms with Crippen LogP contribution in [0.15, 0.2) is 28.4 Å². The molecule has 22 heavy (non-hydrogen) atoms. The maximum Gasteiger partial charge on any atom is 0.187 e. The second-order valence-electron chi connectivity index (χ2n) is 5.38. The van der Waals surface area contributed by atoms with Crippen molar-refractivity contribution in [3.05, 3.63) is 40.0 Å². The summed E-state index contributed by atoms with van der Waals surface area (Å²) >= 11 is 0. The first-order valence-electron chi connectivity index (χ1n) is 6.87. The second-order valence-corrected chi connectivity index (χ2v) is 5.38. The summed E-state index contributed by atoms with van der Waals surface area (Å²) in [5.41, 5.74) is 11.0. The second kappa shape index (κ2) is 5.67. The van der Waals surface area contributed by atoms with E-state index in [0.717, 1.165) is 5.56 Å². The molecule has 0 spiro atoms. The van der Waals surface area contributed by atoms with Gasteiger partial charge in [-0.3, -0.25) is 9.59 Å². The molecule has 2 rings (SSSR count). The highest BCUT2D eigenvalue weighted by molar-refractivity contribution is 6.37. The van der Waals surface area contributed by atoms with Crippen molar-refractivity contribution in [3.8, 4) is 5.75 Å². The van der Waals surface area contributed by atoms with E-state index >= 15 is 0 Å².